The molecule has 0 unspecified atom stereocenters. The second-order valence-electron chi connectivity index (χ2n) is 6.22. The van der Waals surface area contributed by atoms with Gasteiger partial charge in [-0.25, -0.2) is 0 Å². The van der Waals surface area contributed by atoms with E-state index >= 15 is 0 Å². The highest BCUT2D eigenvalue weighted by molar-refractivity contribution is 9.10. The molecule has 2 aromatic rings. The summed E-state index contributed by atoms with van der Waals surface area (Å²) in [4.78, 5) is 0. The fourth-order valence-electron chi connectivity index (χ4n) is 3.15. The lowest BCUT2D eigenvalue weighted by atomic mass is 9.75. The van der Waals surface area contributed by atoms with E-state index in [1.807, 2.05) is 0 Å². The lowest BCUT2D eigenvalue weighted by Crippen LogP contribution is -2.41. The first-order valence-corrected chi connectivity index (χ1v) is 8.49. The second kappa shape index (κ2) is 6.33. The van der Waals surface area contributed by atoms with Crippen LogP contribution in [0.4, 0.5) is 0 Å². The first-order valence-electron chi connectivity index (χ1n) is 7.70. The summed E-state index contributed by atoms with van der Waals surface area (Å²) < 4.78 is 1.16. The minimum atomic E-state index is 0.431. The van der Waals surface area contributed by atoms with E-state index in [2.05, 4.69) is 83.6 Å². The number of rotatable bonds is 4. The zero-order chi connectivity index (χ0) is 14.8. The monoisotopic (exact) mass is 343 g/mol. The van der Waals surface area contributed by atoms with Crippen molar-refractivity contribution in [3.8, 4) is 0 Å². The van der Waals surface area contributed by atoms with Gasteiger partial charge in [0.2, 0.25) is 0 Å². The van der Waals surface area contributed by atoms with Crippen LogP contribution in [0.25, 0.3) is 0 Å². The number of halogens is 1. The van der Waals surface area contributed by atoms with Crippen molar-refractivity contribution < 1.29 is 0 Å². The Bertz CT molecular complexity index is 599. The molecular formula is C19H22BrN. The summed E-state index contributed by atoms with van der Waals surface area (Å²) in [7, 11) is 0. The molecule has 1 N–H and O–H groups in total. The quantitative estimate of drug-likeness (QED) is 0.788. The molecule has 1 nitrogen and oxygen atoms in total. The van der Waals surface area contributed by atoms with Crippen molar-refractivity contribution in [1.82, 2.24) is 5.32 Å². The normalized spacial score (nSPS) is 22.6. The summed E-state index contributed by atoms with van der Waals surface area (Å²) >= 11 is 3.50. The zero-order valence-electron chi connectivity index (χ0n) is 12.6. The molecular weight excluding hydrogens is 322 g/mol. The molecule has 0 saturated heterocycles. The lowest BCUT2D eigenvalue weighted by molar-refractivity contribution is 0.271. The Morgan fingerprint density at radius 2 is 1.81 bits per heavy atom. The van der Waals surface area contributed by atoms with Crippen molar-refractivity contribution in [2.24, 2.45) is 0 Å². The van der Waals surface area contributed by atoms with Gasteiger partial charge in [-0.3, -0.25) is 0 Å². The Hall–Kier alpha value is -1.12. The fraction of sp³-hybridized carbons (Fsp3) is 0.368. The van der Waals surface area contributed by atoms with E-state index < -0.39 is 0 Å². The fourth-order valence-corrected chi connectivity index (χ4v) is 3.41. The third-order valence-corrected chi connectivity index (χ3v) is 5.04. The van der Waals surface area contributed by atoms with Crippen LogP contribution in [0, 0.1) is 6.92 Å². The molecule has 2 aromatic carbocycles. The van der Waals surface area contributed by atoms with Crippen LogP contribution in [-0.4, -0.2) is 6.04 Å². The lowest BCUT2D eigenvalue weighted by Gasteiger charge is -2.38. The van der Waals surface area contributed by atoms with Crippen molar-refractivity contribution in [2.45, 2.75) is 44.7 Å². The Morgan fingerprint density at radius 1 is 1.10 bits per heavy atom. The molecule has 0 heterocycles. The first kappa shape index (κ1) is 14.8. The van der Waals surface area contributed by atoms with Gasteiger partial charge in [0.15, 0.2) is 0 Å². The maximum absolute atomic E-state index is 3.76. The van der Waals surface area contributed by atoms with Crippen LogP contribution < -0.4 is 5.32 Å². The Balaban J connectivity index is 1.54. The van der Waals surface area contributed by atoms with Gasteiger partial charge in [0.1, 0.15) is 0 Å². The maximum Gasteiger partial charge on any atom is 0.0294 e. The van der Waals surface area contributed by atoms with Crippen LogP contribution in [0.1, 0.15) is 48.4 Å². The summed E-state index contributed by atoms with van der Waals surface area (Å²) in [6.07, 6.45) is 2.50. The number of nitrogens with one attached hydrogen (secondary N) is 1. The summed E-state index contributed by atoms with van der Waals surface area (Å²) in [5.41, 5.74) is 4.20. The predicted molar refractivity (Wildman–Crippen MR) is 92.6 cm³/mol. The van der Waals surface area contributed by atoms with E-state index in [9.17, 15) is 0 Å². The predicted octanol–water partition coefficient (Wildman–Crippen LogP) is 5.35. The third-order valence-electron chi connectivity index (χ3n) is 4.51. The molecule has 0 aliphatic heterocycles. The summed E-state index contributed by atoms with van der Waals surface area (Å²) in [6, 6.07) is 18.7. The highest BCUT2D eigenvalue weighted by Gasteiger charge is 2.30. The number of aryl methyl sites for hydroxylation is 1. The molecule has 110 valence electrons. The Morgan fingerprint density at radius 3 is 2.48 bits per heavy atom. The Labute approximate surface area is 135 Å². The molecule has 1 aliphatic rings. The van der Waals surface area contributed by atoms with Gasteiger partial charge in [-0.2, -0.15) is 0 Å². The van der Waals surface area contributed by atoms with E-state index in [1.165, 1.54) is 29.5 Å². The highest BCUT2D eigenvalue weighted by Crippen LogP contribution is 2.38. The largest absolute Gasteiger partial charge is 0.307 e. The van der Waals surface area contributed by atoms with Crippen LogP contribution in [0.5, 0.6) is 0 Å². The molecule has 0 spiro atoms. The highest BCUT2D eigenvalue weighted by atomic mass is 79.9. The van der Waals surface area contributed by atoms with Crippen LogP contribution in [-0.2, 0) is 0 Å². The van der Waals surface area contributed by atoms with Gasteiger partial charge in [0.25, 0.3) is 0 Å². The molecule has 1 aliphatic carbocycles. The minimum absolute atomic E-state index is 0.431. The molecule has 0 aromatic heterocycles. The topological polar surface area (TPSA) is 12.0 Å². The van der Waals surface area contributed by atoms with E-state index in [0.717, 1.165) is 10.4 Å². The van der Waals surface area contributed by atoms with Crippen LogP contribution in [0.15, 0.2) is 53.0 Å². The van der Waals surface area contributed by atoms with Gasteiger partial charge in [-0.1, -0.05) is 57.9 Å². The van der Waals surface area contributed by atoms with E-state index in [-0.39, 0.29) is 0 Å². The van der Waals surface area contributed by atoms with Crippen LogP contribution in [0.3, 0.4) is 0 Å². The molecule has 0 radical (unpaired) electrons. The SMILES string of the molecule is Cc1cccc([C@@H](C)NC2CC(c3ccc(Br)cc3)C2)c1. The van der Waals surface area contributed by atoms with E-state index in [4.69, 9.17) is 0 Å². The number of benzene rings is 2. The minimum Gasteiger partial charge on any atom is -0.307 e. The standard InChI is InChI=1S/C19H22BrN/c1-13-4-3-5-16(10-13)14(2)21-19-11-17(12-19)15-6-8-18(20)9-7-15/h3-10,14,17,19,21H,11-12H2,1-2H3/t14-,17?,19?/m1/s1. The first-order chi connectivity index (χ1) is 10.1. The van der Waals surface area contributed by atoms with Crippen LogP contribution in [0.2, 0.25) is 0 Å². The molecule has 1 saturated carbocycles. The van der Waals surface area contributed by atoms with Gasteiger partial charge in [-0.05, 0) is 55.9 Å². The molecule has 0 amide bonds. The van der Waals surface area contributed by atoms with Crippen molar-refractivity contribution >= 4 is 15.9 Å². The molecule has 0 bridgehead atoms. The molecule has 1 atom stereocenters. The number of hydrogen-bond donors (Lipinski definition) is 1. The molecule has 1 fully saturated rings. The van der Waals surface area contributed by atoms with Gasteiger partial charge < -0.3 is 5.32 Å². The number of hydrogen-bond acceptors (Lipinski definition) is 1. The maximum atomic E-state index is 3.76. The van der Waals surface area contributed by atoms with E-state index in [0.29, 0.717) is 12.1 Å². The van der Waals surface area contributed by atoms with Gasteiger partial charge in [0.05, 0.1) is 0 Å². The van der Waals surface area contributed by atoms with Crippen molar-refractivity contribution in [1.29, 1.82) is 0 Å². The average Bonchev–Trinajstić information content (AvgIpc) is 2.43. The smallest absolute Gasteiger partial charge is 0.0294 e. The van der Waals surface area contributed by atoms with Crippen molar-refractivity contribution in [3.05, 3.63) is 69.7 Å². The van der Waals surface area contributed by atoms with Gasteiger partial charge in [-0.15, -0.1) is 0 Å². The summed E-state index contributed by atoms with van der Waals surface area (Å²) in [5, 5.41) is 3.76. The molecule has 3 rings (SSSR count). The van der Waals surface area contributed by atoms with Crippen molar-refractivity contribution in [3.63, 3.8) is 0 Å². The van der Waals surface area contributed by atoms with E-state index in [1.54, 1.807) is 0 Å². The average molecular weight is 344 g/mol. The van der Waals surface area contributed by atoms with Crippen molar-refractivity contribution in [2.75, 3.05) is 0 Å². The molecule has 21 heavy (non-hydrogen) atoms. The second-order valence-corrected chi connectivity index (χ2v) is 7.13. The summed E-state index contributed by atoms with van der Waals surface area (Å²) in [6.45, 7) is 4.42. The third kappa shape index (κ3) is 3.56. The van der Waals surface area contributed by atoms with Gasteiger partial charge in [0, 0.05) is 16.6 Å². The molecule has 2 heteroatoms. The van der Waals surface area contributed by atoms with Gasteiger partial charge >= 0.3 is 0 Å². The zero-order valence-corrected chi connectivity index (χ0v) is 14.2. The Kier molecular flexibility index (Phi) is 4.46. The van der Waals surface area contributed by atoms with Crippen LogP contribution >= 0.6 is 15.9 Å². The summed E-state index contributed by atoms with van der Waals surface area (Å²) in [5.74, 6) is 0.723.